The molecule has 1 N–H and O–H groups in total. The molecule has 3 aromatic rings. The van der Waals surface area contributed by atoms with Crippen molar-refractivity contribution in [1.82, 2.24) is 24.6 Å². The Hall–Kier alpha value is -3.09. The number of rotatable bonds is 6. The maximum atomic E-state index is 12.9. The summed E-state index contributed by atoms with van der Waals surface area (Å²) in [7, 11) is 0. The van der Waals surface area contributed by atoms with Crippen molar-refractivity contribution in [3.63, 3.8) is 0 Å². The molecule has 7 nitrogen and oxygen atoms in total. The molecule has 4 rings (SSSR count). The number of fused-ring (bicyclic) bond motifs is 1. The van der Waals surface area contributed by atoms with E-state index in [1.165, 1.54) is 4.90 Å². The number of carbonyl (C=O) groups excluding carboxylic acids is 2. The average molecular weight is 379 g/mol. The smallest absolute Gasteiger partial charge is 0.327 e. The summed E-state index contributed by atoms with van der Waals surface area (Å²) in [5, 5.41) is 5.48. The van der Waals surface area contributed by atoms with Gasteiger partial charge < -0.3 is 9.88 Å². The van der Waals surface area contributed by atoms with Crippen LogP contribution in [-0.4, -0.2) is 43.0 Å². The molecule has 28 heavy (non-hydrogen) atoms. The number of benzene rings is 1. The van der Waals surface area contributed by atoms with Crippen molar-refractivity contribution in [3.8, 4) is 0 Å². The van der Waals surface area contributed by atoms with E-state index in [1.807, 2.05) is 36.7 Å². The summed E-state index contributed by atoms with van der Waals surface area (Å²) in [5.74, 6) is -0.163. The van der Waals surface area contributed by atoms with Gasteiger partial charge in [-0.1, -0.05) is 25.1 Å². The van der Waals surface area contributed by atoms with Crippen LogP contribution in [0.5, 0.6) is 0 Å². The van der Waals surface area contributed by atoms with Crippen molar-refractivity contribution in [2.24, 2.45) is 0 Å². The Morgan fingerprint density at radius 2 is 1.96 bits per heavy atom. The fourth-order valence-electron chi connectivity index (χ4n) is 3.82. The van der Waals surface area contributed by atoms with Gasteiger partial charge in [0.2, 0.25) is 0 Å². The molecule has 1 fully saturated rings. The van der Waals surface area contributed by atoms with Crippen LogP contribution in [0.4, 0.5) is 4.79 Å². The highest BCUT2D eigenvalue weighted by Crippen LogP contribution is 2.24. The predicted molar refractivity (Wildman–Crippen MR) is 107 cm³/mol. The van der Waals surface area contributed by atoms with Crippen molar-refractivity contribution in [2.45, 2.75) is 46.8 Å². The van der Waals surface area contributed by atoms with Crippen LogP contribution < -0.4 is 0 Å². The minimum Gasteiger partial charge on any atom is -0.358 e. The molecule has 0 radical (unpaired) electrons. The second kappa shape index (κ2) is 7.14. The topological polar surface area (TPSA) is 74.2 Å². The molecule has 3 heterocycles. The molecule has 1 aliphatic rings. The van der Waals surface area contributed by atoms with Crippen LogP contribution >= 0.6 is 0 Å². The number of carbonyl (C=O) groups is 2. The van der Waals surface area contributed by atoms with Gasteiger partial charge in [0.1, 0.15) is 6.54 Å². The standard InChI is InChI=1S/C21H25N5O2/c1-4-8-26-15(3)18(10-22-26)11-24-13-19(27)25(21(24)28)12-17-7-5-6-16-9-14(2)23-20(16)17/h5-7,9-10,23H,4,8,11-13H2,1-3H3. The minimum atomic E-state index is -0.243. The molecule has 0 bridgehead atoms. The molecule has 1 saturated heterocycles. The third-order valence-corrected chi connectivity index (χ3v) is 5.34. The lowest BCUT2D eigenvalue weighted by Crippen LogP contribution is -2.32. The molecular weight excluding hydrogens is 354 g/mol. The van der Waals surface area contributed by atoms with Gasteiger partial charge in [-0.2, -0.15) is 5.10 Å². The molecular formula is C21H25N5O2. The van der Waals surface area contributed by atoms with Gasteiger partial charge in [0.25, 0.3) is 5.91 Å². The van der Waals surface area contributed by atoms with Crippen molar-refractivity contribution in [1.29, 1.82) is 0 Å². The predicted octanol–water partition coefficient (Wildman–Crippen LogP) is 3.36. The molecule has 7 heteroatoms. The van der Waals surface area contributed by atoms with Gasteiger partial charge in [-0.15, -0.1) is 0 Å². The summed E-state index contributed by atoms with van der Waals surface area (Å²) in [4.78, 5) is 31.7. The molecule has 1 aromatic carbocycles. The number of nitrogens with zero attached hydrogens (tertiary/aromatic N) is 4. The van der Waals surface area contributed by atoms with Gasteiger partial charge >= 0.3 is 6.03 Å². The van der Waals surface area contributed by atoms with Crippen LogP contribution in [0.15, 0.2) is 30.5 Å². The van der Waals surface area contributed by atoms with Crippen LogP contribution in [0.3, 0.4) is 0 Å². The Labute approximate surface area is 163 Å². The first-order chi connectivity index (χ1) is 13.5. The molecule has 2 aromatic heterocycles. The maximum Gasteiger partial charge on any atom is 0.327 e. The molecule has 0 unspecified atom stereocenters. The normalized spacial score (nSPS) is 14.7. The van der Waals surface area contributed by atoms with E-state index in [-0.39, 0.29) is 25.0 Å². The zero-order valence-electron chi connectivity index (χ0n) is 16.5. The second-order valence-electron chi connectivity index (χ2n) is 7.43. The summed E-state index contributed by atoms with van der Waals surface area (Å²) in [6, 6.07) is 7.77. The van der Waals surface area contributed by atoms with Crippen molar-refractivity contribution in [3.05, 3.63) is 53.0 Å². The third kappa shape index (κ3) is 3.17. The first-order valence-corrected chi connectivity index (χ1v) is 9.65. The Morgan fingerprint density at radius 3 is 2.75 bits per heavy atom. The fourth-order valence-corrected chi connectivity index (χ4v) is 3.82. The second-order valence-corrected chi connectivity index (χ2v) is 7.43. The van der Waals surface area contributed by atoms with E-state index >= 15 is 0 Å². The lowest BCUT2D eigenvalue weighted by molar-refractivity contribution is -0.125. The van der Waals surface area contributed by atoms with Crippen molar-refractivity contribution < 1.29 is 9.59 Å². The summed E-state index contributed by atoms with van der Waals surface area (Å²) in [6.07, 6.45) is 2.80. The number of hydrogen-bond acceptors (Lipinski definition) is 3. The number of aryl methyl sites for hydroxylation is 2. The van der Waals surface area contributed by atoms with Gasteiger partial charge in [0, 0.05) is 23.5 Å². The molecule has 0 aliphatic carbocycles. The zero-order chi connectivity index (χ0) is 19.8. The first kappa shape index (κ1) is 18.3. The van der Waals surface area contributed by atoms with E-state index < -0.39 is 0 Å². The quantitative estimate of drug-likeness (QED) is 0.668. The van der Waals surface area contributed by atoms with Crippen LogP contribution in [-0.2, 0) is 24.4 Å². The lowest BCUT2D eigenvalue weighted by atomic mass is 10.1. The monoisotopic (exact) mass is 379 g/mol. The van der Waals surface area contributed by atoms with E-state index in [2.05, 4.69) is 23.1 Å². The van der Waals surface area contributed by atoms with Crippen LogP contribution in [0.25, 0.3) is 10.9 Å². The lowest BCUT2D eigenvalue weighted by Gasteiger charge is -2.17. The van der Waals surface area contributed by atoms with E-state index in [4.69, 9.17) is 0 Å². The number of nitrogens with one attached hydrogen (secondary N) is 1. The van der Waals surface area contributed by atoms with E-state index in [1.54, 1.807) is 11.1 Å². The number of hydrogen-bond donors (Lipinski definition) is 1. The number of para-hydroxylation sites is 1. The number of urea groups is 1. The zero-order valence-corrected chi connectivity index (χ0v) is 16.5. The highest BCUT2D eigenvalue weighted by Gasteiger charge is 2.36. The van der Waals surface area contributed by atoms with E-state index in [0.717, 1.165) is 46.4 Å². The third-order valence-electron chi connectivity index (χ3n) is 5.34. The number of imide groups is 1. The van der Waals surface area contributed by atoms with Crippen LogP contribution in [0.1, 0.15) is 35.9 Å². The highest BCUT2D eigenvalue weighted by atomic mass is 16.2. The molecule has 0 saturated carbocycles. The molecule has 146 valence electrons. The molecule has 3 amide bonds. The van der Waals surface area contributed by atoms with Gasteiger partial charge in [0.05, 0.1) is 24.8 Å². The summed E-state index contributed by atoms with van der Waals surface area (Å²) >= 11 is 0. The molecule has 1 aliphatic heterocycles. The van der Waals surface area contributed by atoms with Gasteiger partial charge in [-0.05, 0) is 37.3 Å². The number of amides is 3. The maximum absolute atomic E-state index is 12.9. The summed E-state index contributed by atoms with van der Waals surface area (Å²) in [5.41, 5.74) is 5.02. The molecule has 0 atom stereocenters. The van der Waals surface area contributed by atoms with Crippen LogP contribution in [0, 0.1) is 13.8 Å². The van der Waals surface area contributed by atoms with Gasteiger partial charge in [0.15, 0.2) is 0 Å². The number of H-pyrrole nitrogens is 1. The minimum absolute atomic E-state index is 0.108. The average Bonchev–Trinajstić information content (AvgIpc) is 3.29. The highest BCUT2D eigenvalue weighted by molar-refractivity contribution is 6.02. The van der Waals surface area contributed by atoms with Gasteiger partial charge in [-0.3, -0.25) is 14.4 Å². The van der Waals surface area contributed by atoms with Crippen molar-refractivity contribution in [2.75, 3.05) is 6.54 Å². The Kier molecular flexibility index (Phi) is 4.66. The first-order valence-electron chi connectivity index (χ1n) is 9.65. The largest absolute Gasteiger partial charge is 0.358 e. The Balaban J connectivity index is 1.52. The number of aromatic nitrogens is 3. The Morgan fingerprint density at radius 1 is 1.14 bits per heavy atom. The van der Waals surface area contributed by atoms with Gasteiger partial charge in [-0.25, -0.2) is 4.79 Å². The summed E-state index contributed by atoms with van der Waals surface area (Å²) in [6.45, 7) is 7.75. The van der Waals surface area contributed by atoms with E-state index in [0.29, 0.717) is 6.54 Å². The Bertz CT molecular complexity index is 1050. The fraction of sp³-hybridized carbons (Fsp3) is 0.381. The summed E-state index contributed by atoms with van der Waals surface area (Å²) < 4.78 is 1.95. The molecule has 0 spiro atoms. The van der Waals surface area contributed by atoms with Crippen molar-refractivity contribution >= 4 is 22.8 Å². The van der Waals surface area contributed by atoms with E-state index in [9.17, 15) is 9.59 Å². The number of aromatic amines is 1. The SMILES string of the molecule is CCCn1ncc(CN2CC(=O)N(Cc3cccc4cc(C)[nH]c34)C2=O)c1C. The van der Waals surface area contributed by atoms with Crippen LogP contribution in [0.2, 0.25) is 0 Å².